The highest BCUT2D eigenvalue weighted by Crippen LogP contribution is 2.28. The van der Waals surface area contributed by atoms with Gasteiger partial charge in [-0.1, -0.05) is 34.8 Å². The first-order valence-corrected chi connectivity index (χ1v) is 6.91. The predicted octanol–water partition coefficient (Wildman–Crippen LogP) is 4.30. The summed E-state index contributed by atoms with van der Waals surface area (Å²) in [7, 11) is 0. The summed E-state index contributed by atoms with van der Waals surface area (Å²) in [5.74, 6) is 0.892. The Bertz CT molecular complexity index is 413. The average Bonchev–Trinajstić information content (AvgIpc) is 2.54. The van der Waals surface area contributed by atoms with Gasteiger partial charge in [0, 0.05) is 4.47 Å². The fourth-order valence-corrected chi connectivity index (χ4v) is 2.66. The van der Waals surface area contributed by atoms with E-state index in [-0.39, 0.29) is 12.0 Å². The highest BCUT2D eigenvalue weighted by atomic mass is 79.9. The van der Waals surface area contributed by atoms with Gasteiger partial charge in [0.25, 0.3) is 0 Å². The second-order valence-electron chi connectivity index (χ2n) is 4.49. The van der Waals surface area contributed by atoms with E-state index < -0.39 is 0 Å². The van der Waals surface area contributed by atoms with Crippen molar-refractivity contribution in [3.8, 4) is 11.8 Å². The SMILES string of the molecule is N#CC1CCCCCC1Oc1cccc(Br)c1. The molecule has 1 aliphatic rings. The maximum Gasteiger partial charge on any atom is 0.120 e. The lowest BCUT2D eigenvalue weighted by Gasteiger charge is -2.21. The third-order valence-corrected chi connectivity index (χ3v) is 3.70. The van der Waals surface area contributed by atoms with Crippen LogP contribution in [-0.4, -0.2) is 6.10 Å². The molecule has 0 heterocycles. The van der Waals surface area contributed by atoms with Gasteiger partial charge in [-0.15, -0.1) is 0 Å². The third-order valence-electron chi connectivity index (χ3n) is 3.20. The van der Waals surface area contributed by atoms with Crippen LogP contribution in [0.3, 0.4) is 0 Å². The molecule has 0 spiro atoms. The molecular weight excluding hydrogens is 278 g/mol. The maximum atomic E-state index is 9.18. The molecule has 90 valence electrons. The summed E-state index contributed by atoms with van der Waals surface area (Å²) in [4.78, 5) is 0. The van der Waals surface area contributed by atoms with Crippen molar-refractivity contribution < 1.29 is 4.74 Å². The lowest BCUT2D eigenvalue weighted by molar-refractivity contribution is 0.152. The first-order chi connectivity index (χ1) is 8.29. The van der Waals surface area contributed by atoms with Crippen LogP contribution >= 0.6 is 15.9 Å². The van der Waals surface area contributed by atoms with Crippen molar-refractivity contribution in [2.24, 2.45) is 5.92 Å². The van der Waals surface area contributed by atoms with Crippen LogP contribution < -0.4 is 4.74 Å². The fourth-order valence-electron chi connectivity index (χ4n) is 2.28. The van der Waals surface area contributed by atoms with Gasteiger partial charge in [0.2, 0.25) is 0 Å². The van der Waals surface area contributed by atoms with Gasteiger partial charge in [0.1, 0.15) is 11.9 Å². The molecule has 3 heteroatoms. The van der Waals surface area contributed by atoms with Gasteiger partial charge in [-0.3, -0.25) is 0 Å². The molecule has 0 amide bonds. The van der Waals surface area contributed by atoms with Crippen LogP contribution in [0, 0.1) is 17.2 Å². The minimum Gasteiger partial charge on any atom is -0.489 e. The van der Waals surface area contributed by atoms with E-state index in [1.165, 1.54) is 6.42 Å². The van der Waals surface area contributed by atoms with Crippen molar-refractivity contribution in [1.29, 1.82) is 5.26 Å². The fraction of sp³-hybridized carbons (Fsp3) is 0.500. The summed E-state index contributed by atoms with van der Waals surface area (Å²) in [6, 6.07) is 10.2. The molecule has 2 rings (SSSR count). The smallest absolute Gasteiger partial charge is 0.120 e. The van der Waals surface area contributed by atoms with E-state index in [0.717, 1.165) is 35.9 Å². The molecule has 1 aromatic carbocycles. The van der Waals surface area contributed by atoms with Gasteiger partial charge in [-0.25, -0.2) is 0 Å². The molecule has 2 unspecified atom stereocenters. The van der Waals surface area contributed by atoms with E-state index in [1.807, 2.05) is 24.3 Å². The average molecular weight is 294 g/mol. The Balaban J connectivity index is 2.07. The van der Waals surface area contributed by atoms with Gasteiger partial charge in [0.05, 0.1) is 12.0 Å². The Morgan fingerprint density at radius 1 is 1.24 bits per heavy atom. The van der Waals surface area contributed by atoms with Crippen molar-refractivity contribution in [2.45, 2.75) is 38.2 Å². The molecule has 2 atom stereocenters. The number of nitriles is 1. The van der Waals surface area contributed by atoms with Crippen LogP contribution in [-0.2, 0) is 0 Å². The Morgan fingerprint density at radius 2 is 2.06 bits per heavy atom. The van der Waals surface area contributed by atoms with E-state index >= 15 is 0 Å². The highest BCUT2D eigenvalue weighted by Gasteiger charge is 2.25. The second kappa shape index (κ2) is 6.07. The molecule has 0 radical (unpaired) electrons. The second-order valence-corrected chi connectivity index (χ2v) is 5.40. The lowest BCUT2D eigenvalue weighted by Crippen LogP contribution is -2.24. The summed E-state index contributed by atoms with van der Waals surface area (Å²) in [5.41, 5.74) is 0. The van der Waals surface area contributed by atoms with E-state index in [4.69, 9.17) is 4.74 Å². The standard InChI is InChI=1S/C14H16BrNO/c15-12-6-4-7-13(9-12)17-14-8-3-1-2-5-11(14)10-16/h4,6-7,9,11,14H,1-3,5,8H2. The van der Waals surface area contributed by atoms with E-state index in [9.17, 15) is 5.26 Å². The van der Waals surface area contributed by atoms with Crippen LogP contribution in [0.15, 0.2) is 28.7 Å². The molecule has 17 heavy (non-hydrogen) atoms. The van der Waals surface area contributed by atoms with E-state index in [1.54, 1.807) is 0 Å². The quantitative estimate of drug-likeness (QED) is 0.762. The molecule has 1 aromatic rings. The zero-order valence-corrected chi connectivity index (χ0v) is 11.3. The van der Waals surface area contributed by atoms with Crippen LogP contribution in [0.5, 0.6) is 5.75 Å². The number of benzene rings is 1. The molecule has 0 aromatic heterocycles. The Labute approximate surface area is 111 Å². The molecular formula is C14H16BrNO. The van der Waals surface area contributed by atoms with Gasteiger partial charge < -0.3 is 4.74 Å². The normalized spacial score (nSPS) is 24.7. The summed E-state index contributed by atoms with van der Waals surface area (Å²) < 4.78 is 6.98. The monoisotopic (exact) mass is 293 g/mol. The number of halogens is 1. The molecule has 2 nitrogen and oxygen atoms in total. The van der Waals surface area contributed by atoms with Crippen molar-refractivity contribution in [1.82, 2.24) is 0 Å². The summed E-state index contributed by atoms with van der Waals surface area (Å²) in [6.45, 7) is 0. The molecule has 0 bridgehead atoms. The summed E-state index contributed by atoms with van der Waals surface area (Å²) in [6.07, 6.45) is 5.54. The first kappa shape index (κ1) is 12.4. The van der Waals surface area contributed by atoms with Crippen molar-refractivity contribution in [3.05, 3.63) is 28.7 Å². The molecule has 0 saturated heterocycles. The number of rotatable bonds is 2. The molecule has 1 saturated carbocycles. The minimum atomic E-state index is 0.0384. The van der Waals surface area contributed by atoms with Crippen LogP contribution in [0.2, 0.25) is 0 Å². The van der Waals surface area contributed by atoms with Crippen LogP contribution in [0.25, 0.3) is 0 Å². The summed E-state index contributed by atoms with van der Waals surface area (Å²) in [5, 5.41) is 9.18. The molecule has 0 N–H and O–H groups in total. The Morgan fingerprint density at radius 3 is 2.82 bits per heavy atom. The Hall–Kier alpha value is -1.01. The van der Waals surface area contributed by atoms with Crippen LogP contribution in [0.1, 0.15) is 32.1 Å². The zero-order chi connectivity index (χ0) is 12.1. The lowest BCUT2D eigenvalue weighted by atomic mass is 9.99. The summed E-state index contributed by atoms with van der Waals surface area (Å²) >= 11 is 3.43. The van der Waals surface area contributed by atoms with Gasteiger partial charge in [-0.2, -0.15) is 5.26 Å². The largest absolute Gasteiger partial charge is 0.489 e. The number of nitrogens with zero attached hydrogens (tertiary/aromatic N) is 1. The number of hydrogen-bond donors (Lipinski definition) is 0. The Kier molecular flexibility index (Phi) is 4.44. The zero-order valence-electron chi connectivity index (χ0n) is 9.73. The molecule has 1 aliphatic carbocycles. The van der Waals surface area contributed by atoms with Crippen molar-refractivity contribution in [2.75, 3.05) is 0 Å². The molecule has 1 fully saturated rings. The van der Waals surface area contributed by atoms with Crippen molar-refractivity contribution >= 4 is 15.9 Å². The third kappa shape index (κ3) is 3.47. The topological polar surface area (TPSA) is 33.0 Å². The van der Waals surface area contributed by atoms with Crippen molar-refractivity contribution in [3.63, 3.8) is 0 Å². The van der Waals surface area contributed by atoms with Crippen LogP contribution in [0.4, 0.5) is 0 Å². The van der Waals surface area contributed by atoms with E-state index in [2.05, 4.69) is 22.0 Å². The number of ether oxygens (including phenoxy) is 1. The van der Waals surface area contributed by atoms with Gasteiger partial charge >= 0.3 is 0 Å². The van der Waals surface area contributed by atoms with Gasteiger partial charge in [0.15, 0.2) is 0 Å². The maximum absolute atomic E-state index is 9.18. The highest BCUT2D eigenvalue weighted by molar-refractivity contribution is 9.10. The predicted molar refractivity (Wildman–Crippen MR) is 70.7 cm³/mol. The first-order valence-electron chi connectivity index (χ1n) is 6.11. The van der Waals surface area contributed by atoms with Gasteiger partial charge in [-0.05, 0) is 37.5 Å². The van der Waals surface area contributed by atoms with E-state index in [0.29, 0.717) is 0 Å². The molecule has 0 aliphatic heterocycles. The number of hydrogen-bond acceptors (Lipinski definition) is 2. The minimum absolute atomic E-state index is 0.0384.